The van der Waals surface area contributed by atoms with Crippen molar-refractivity contribution in [3.05, 3.63) is 35.9 Å². The molecule has 0 aliphatic rings. The predicted octanol–water partition coefficient (Wildman–Crippen LogP) is 6.60. The zero-order chi connectivity index (χ0) is 16.0. The number of hydrogen-bond acceptors (Lipinski definition) is 1. The molecule has 0 saturated heterocycles. The number of hydrogen-bond donors (Lipinski definition) is 0. The number of rotatable bonds is 13. The van der Waals surface area contributed by atoms with E-state index in [4.69, 9.17) is 0 Å². The first-order valence-corrected chi connectivity index (χ1v) is 9.51. The fourth-order valence-corrected chi connectivity index (χ4v) is 3.03. The lowest BCUT2D eigenvalue weighted by Crippen LogP contribution is -2.23. The summed E-state index contributed by atoms with van der Waals surface area (Å²) >= 11 is 0. The topological polar surface area (TPSA) is 3.24 Å². The molecule has 1 aromatic rings. The quantitative estimate of drug-likeness (QED) is 0.371. The van der Waals surface area contributed by atoms with Crippen LogP contribution in [0.1, 0.15) is 89.7 Å². The molecule has 0 bridgehead atoms. The van der Waals surface area contributed by atoms with Gasteiger partial charge >= 0.3 is 0 Å². The van der Waals surface area contributed by atoms with E-state index in [9.17, 15) is 0 Å². The summed E-state index contributed by atoms with van der Waals surface area (Å²) in [6.45, 7) is 5.81. The van der Waals surface area contributed by atoms with Gasteiger partial charge in [0.15, 0.2) is 0 Å². The van der Waals surface area contributed by atoms with E-state index >= 15 is 0 Å². The van der Waals surface area contributed by atoms with Crippen molar-refractivity contribution in [3.8, 4) is 0 Å². The monoisotopic (exact) mass is 303 g/mol. The lowest BCUT2D eigenvalue weighted by molar-refractivity contribution is 0.255. The highest BCUT2D eigenvalue weighted by atomic mass is 15.1. The van der Waals surface area contributed by atoms with Crippen LogP contribution in [0.15, 0.2) is 30.3 Å². The molecular weight excluding hydrogens is 266 g/mol. The molecule has 22 heavy (non-hydrogen) atoms. The fraction of sp³-hybridized carbons (Fsp3) is 0.714. The highest BCUT2D eigenvalue weighted by molar-refractivity contribution is 5.18. The van der Waals surface area contributed by atoms with E-state index in [-0.39, 0.29) is 0 Å². The van der Waals surface area contributed by atoms with E-state index in [1.807, 2.05) is 0 Å². The molecule has 0 aromatic heterocycles. The third-order valence-corrected chi connectivity index (χ3v) is 4.81. The Morgan fingerprint density at radius 1 is 0.773 bits per heavy atom. The zero-order valence-corrected chi connectivity index (χ0v) is 15.2. The molecule has 1 unspecified atom stereocenters. The standard InChI is InChI=1S/C21H37N/c1-4-5-6-7-8-9-10-11-12-16-19-22(3)20(2)21-17-14-13-15-18-21/h13-15,17-18,20H,4-12,16,19H2,1-3H3. The molecular formula is C21H37N. The van der Waals surface area contributed by atoms with Gasteiger partial charge in [0.2, 0.25) is 0 Å². The van der Waals surface area contributed by atoms with Gasteiger partial charge in [-0.05, 0) is 32.5 Å². The van der Waals surface area contributed by atoms with E-state index in [2.05, 4.69) is 56.1 Å². The average molecular weight is 304 g/mol. The predicted molar refractivity (Wildman–Crippen MR) is 99.3 cm³/mol. The van der Waals surface area contributed by atoms with E-state index < -0.39 is 0 Å². The normalized spacial score (nSPS) is 12.7. The summed E-state index contributed by atoms with van der Waals surface area (Å²) in [4.78, 5) is 2.49. The lowest BCUT2D eigenvalue weighted by Gasteiger charge is -2.25. The van der Waals surface area contributed by atoms with Crippen molar-refractivity contribution in [3.63, 3.8) is 0 Å². The molecule has 0 aliphatic heterocycles. The largest absolute Gasteiger partial charge is 0.300 e. The van der Waals surface area contributed by atoms with E-state index in [0.717, 1.165) is 0 Å². The van der Waals surface area contributed by atoms with Crippen molar-refractivity contribution in [1.29, 1.82) is 0 Å². The van der Waals surface area contributed by atoms with Crippen LogP contribution in [0.3, 0.4) is 0 Å². The minimum Gasteiger partial charge on any atom is -0.300 e. The van der Waals surface area contributed by atoms with Gasteiger partial charge in [-0.2, -0.15) is 0 Å². The first kappa shape index (κ1) is 19.2. The fourth-order valence-electron chi connectivity index (χ4n) is 3.03. The van der Waals surface area contributed by atoms with E-state index in [1.165, 1.54) is 76.3 Å². The van der Waals surface area contributed by atoms with Crippen LogP contribution < -0.4 is 0 Å². The molecule has 1 atom stereocenters. The number of benzene rings is 1. The first-order valence-electron chi connectivity index (χ1n) is 9.51. The van der Waals surface area contributed by atoms with Crippen molar-refractivity contribution in [2.75, 3.05) is 13.6 Å². The lowest BCUT2D eigenvalue weighted by atomic mass is 10.1. The zero-order valence-electron chi connectivity index (χ0n) is 15.2. The summed E-state index contributed by atoms with van der Waals surface area (Å²) in [5, 5.41) is 0. The Bertz CT molecular complexity index is 346. The van der Waals surface area contributed by atoms with Gasteiger partial charge in [0.1, 0.15) is 0 Å². The van der Waals surface area contributed by atoms with E-state index in [1.54, 1.807) is 0 Å². The molecule has 126 valence electrons. The van der Waals surface area contributed by atoms with Crippen LogP contribution in [0.4, 0.5) is 0 Å². The molecule has 1 heteroatoms. The smallest absolute Gasteiger partial charge is 0.0316 e. The summed E-state index contributed by atoms with van der Waals surface area (Å²) in [6, 6.07) is 11.4. The van der Waals surface area contributed by atoms with Gasteiger partial charge in [0.25, 0.3) is 0 Å². The van der Waals surface area contributed by atoms with Crippen LogP contribution in [0.2, 0.25) is 0 Å². The minimum absolute atomic E-state index is 0.528. The molecule has 0 amide bonds. The summed E-state index contributed by atoms with van der Waals surface area (Å²) in [5.74, 6) is 0. The second-order valence-electron chi connectivity index (χ2n) is 6.75. The van der Waals surface area contributed by atoms with Crippen LogP contribution in [-0.2, 0) is 0 Å². The van der Waals surface area contributed by atoms with Gasteiger partial charge in [-0.3, -0.25) is 4.90 Å². The number of nitrogens with zero attached hydrogens (tertiary/aromatic N) is 1. The third kappa shape index (κ3) is 8.58. The average Bonchev–Trinajstić information content (AvgIpc) is 2.56. The Hall–Kier alpha value is -0.820. The molecule has 0 radical (unpaired) electrons. The summed E-state index contributed by atoms with van der Waals surface area (Å²) in [6.07, 6.45) is 14.1. The summed E-state index contributed by atoms with van der Waals surface area (Å²) in [7, 11) is 2.26. The maximum Gasteiger partial charge on any atom is 0.0316 e. The highest BCUT2D eigenvalue weighted by Gasteiger charge is 2.10. The molecule has 1 aromatic carbocycles. The Balaban J connectivity index is 1.98. The second-order valence-corrected chi connectivity index (χ2v) is 6.75. The highest BCUT2D eigenvalue weighted by Crippen LogP contribution is 2.19. The molecule has 0 spiro atoms. The van der Waals surface area contributed by atoms with Crippen molar-refractivity contribution < 1.29 is 0 Å². The van der Waals surface area contributed by atoms with Gasteiger partial charge in [-0.25, -0.2) is 0 Å². The van der Waals surface area contributed by atoms with Gasteiger partial charge in [-0.1, -0.05) is 95.0 Å². The molecule has 0 aliphatic carbocycles. The van der Waals surface area contributed by atoms with Gasteiger partial charge in [-0.15, -0.1) is 0 Å². The van der Waals surface area contributed by atoms with Gasteiger partial charge in [0.05, 0.1) is 0 Å². The van der Waals surface area contributed by atoms with E-state index in [0.29, 0.717) is 6.04 Å². The van der Waals surface area contributed by atoms with Crippen LogP contribution >= 0.6 is 0 Å². The minimum atomic E-state index is 0.528. The van der Waals surface area contributed by atoms with Gasteiger partial charge in [0, 0.05) is 6.04 Å². The van der Waals surface area contributed by atoms with Crippen molar-refractivity contribution in [2.24, 2.45) is 0 Å². The Morgan fingerprint density at radius 2 is 1.27 bits per heavy atom. The third-order valence-electron chi connectivity index (χ3n) is 4.81. The van der Waals surface area contributed by atoms with Crippen molar-refractivity contribution in [2.45, 2.75) is 84.1 Å². The Morgan fingerprint density at radius 3 is 1.82 bits per heavy atom. The Labute approximate surface area is 139 Å². The van der Waals surface area contributed by atoms with Crippen molar-refractivity contribution >= 4 is 0 Å². The van der Waals surface area contributed by atoms with Crippen LogP contribution in [0, 0.1) is 0 Å². The molecule has 0 saturated carbocycles. The summed E-state index contributed by atoms with van der Waals surface area (Å²) in [5.41, 5.74) is 1.43. The second kappa shape index (κ2) is 12.7. The molecule has 1 nitrogen and oxygen atoms in total. The first-order chi connectivity index (χ1) is 10.8. The molecule has 0 fully saturated rings. The molecule has 0 heterocycles. The van der Waals surface area contributed by atoms with Crippen LogP contribution in [-0.4, -0.2) is 18.5 Å². The van der Waals surface area contributed by atoms with Crippen LogP contribution in [0.5, 0.6) is 0 Å². The summed E-state index contributed by atoms with van der Waals surface area (Å²) < 4.78 is 0. The number of unbranched alkanes of at least 4 members (excludes halogenated alkanes) is 9. The maximum atomic E-state index is 2.49. The van der Waals surface area contributed by atoms with Crippen molar-refractivity contribution in [1.82, 2.24) is 4.90 Å². The Kier molecular flexibility index (Phi) is 11.1. The molecule has 1 rings (SSSR count). The SMILES string of the molecule is CCCCCCCCCCCCN(C)C(C)c1ccccc1. The van der Waals surface area contributed by atoms with Crippen LogP contribution in [0.25, 0.3) is 0 Å². The van der Waals surface area contributed by atoms with Gasteiger partial charge < -0.3 is 0 Å². The molecule has 0 N–H and O–H groups in total. The maximum absolute atomic E-state index is 2.49.